The lowest BCUT2D eigenvalue weighted by Gasteiger charge is -2.39. The van der Waals surface area contributed by atoms with Crippen molar-refractivity contribution in [1.82, 2.24) is 10.3 Å². The number of nitrogens with one attached hydrogen (secondary N) is 2. The van der Waals surface area contributed by atoms with Crippen LogP contribution in [0.3, 0.4) is 0 Å². The minimum absolute atomic E-state index is 0.0306. The first-order chi connectivity index (χ1) is 22.0. The molecule has 0 unspecified atom stereocenters. The van der Waals surface area contributed by atoms with Gasteiger partial charge in [-0.05, 0) is 83.1 Å². The van der Waals surface area contributed by atoms with Gasteiger partial charge in [-0.25, -0.2) is 0 Å². The van der Waals surface area contributed by atoms with E-state index in [-0.39, 0.29) is 16.7 Å². The topological polar surface area (TPSA) is 89.4 Å². The minimum atomic E-state index is -2.17. The Labute approximate surface area is 274 Å². The number of aryl methyl sites for hydroxylation is 2. The summed E-state index contributed by atoms with van der Waals surface area (Å²) in [6, 6.07) is 34.4. The van der Waals surface area contributed by atoms with Crippen LogP contribution in [0.5, 0.6) is 5.75 Å². The maximum absolute atomic E-state index is 12.5. The van der Waals surface area contributed by atoms with Crippen LogP contribution in [-0.4, -0.2) is 19.8 Å². The van der Waals surface area contributed by atoms with E-state index in [1.165, 1.54) is 16.7 Å². The maximum Gasteiger partial charge on any atom is 0.248 e. The molecule has 0 spiro atoms. The van der Waals surface area contributed by atoms with Gasteiger partial charge in [0.1, 0.15) is 12.4 Å². The number of anilines is 1. The molecule has 0 saturated carbocycles. The van der Waals surface area contributed by atoms with Gasteiger partial charge in [0.25, 0.3) is 0 Å². The Kier molecular flexibility index (Phi) is 10.5. The quantitative estimate of drug-likeness (QED) is 0.0896. The maximum atomic E-state index is 12.5. The average Bonchev–Trinajstić information content (AvgIpc) is 3.03. The van der Waals surface area contributed by atoms with Gasteiger partial charge in [-0.1, -0.05) is 93.6 Å². The van der Waals surface area contributed by atoms with Gasteiger partial charge in [0, 0.05) is 30.2 Å². The Balaban J connectivity index is 1.39. The third kappa shape index (κ3) is 8.34. The van der Waals surface area contributed by atoms with Crippen molar-refractivity contribution in [3.8, 4) is 5.75 Å². The number of hydrogen-bond acceptors (Lipinski definition) is 5. The molecule has 0 aliphatic rings. The molecule has 5 rings (SSSR count). The molecule has 0 saturated heterocycles. The number of H-pyrrole nitrogens is 1. The van der Waals surface area contributed by atoms with Crippen LogP contribution >= 0.6 is 0 Å². The SMILES string of the molecule is CC(C)(C)[Si](C)(C)O[C@@H](CNCc1ccccc1CCc1ccc(N)cc1)c1ccc(OCc2ccccc2)c2[nH]c(=O)ccc12. The van der Waals surface area contributed by atoms with Gasteiger partial charge < -0.3 is 25.2 Å². The Morgan fingerprint density at radius 3 is 2.22 bits per heavy atom. The molecular formula is C39H47N3O3Si. The summed E-state index contributed by atoms with van der Waals surface area (Å²) in [5, 5.41) is 4.70. The second kappa shape index (κ2) is 14.5. The van der Waals surface area contributed by atoms with Crippen molar-refractivity contribution in [1.29, 1.82) is 0 Å². The number of fused-ring (bicyclic) bond motifs is 1. The fourth-order valence-electron chi connectivity index (χ4n) is 5.41. The van der Waals surface area contributed by atoms with Gasteiger partial charge in [0.05, 0.1) is 11.6 Å². The summed E-state index contributed by atoms with van der Waals surface area (Å²) in [5.74, 6) is 0.648. The van der Waals surface area contributed by atoms with Gasteiger partial charge in [-0.2, -0.15) is 0 Å². The Morgan fingerprint density at radius 2 is 1.50 bits per heavy atom. The van der Waals surface area contributed by atoms with Crippen LogP contribution in [0.4, 0.5) is 5.69 Å². The number of pyridine rings is 1. The first-order valence-electron chi connectivity index (χ1n) is 16.1. The summed E-state index contributed by atoms with van der Waals surface area (Å²) in [5.41, 5.74) is 13.2. The van der Waals surface area contributed by atoms with Crippen LogP contribution in [0.15, 0.2) is 108 Å². The molecule has 240 valence electrons. The number of benzene rings is 4. The van der Waals surface area contributed by atoms with Crippen LogP contribution < -0.4 is 21.3 Å². The smallest absolute Gasteiger partial charge is 0.248 e. The van der Waals surface area contributed by atoms with E-state index in [0.29, 0.717) is 24.4 Å². The summed E-state index contributed by atoms with van der Waals surface area (Å²) in [6.07, 6.45) is 1.69. The zero-order valence-corrected chi connectivity index (χ0v) is 28.7. The fraction of sp³-hybridized carbons (Fsp3) is 0.308. The normalized spacial score (nSPS) is 12.7. The molecule has 0 fully saturated rings. The number of aromatic nitrogens is 1. The highest BCUT2D eigenvalue weighted by molar-refractivity contribution is 6.74. The molecule has 0 amide bonds. The number of ether oxygens (including phenoxy) is 1. The van der Waals surface area contributed by atoms with Crippen molar-refractivity contribution in [2.45, 2.75) is 71.0 Å². The highest BCUT2D eigenvalue weighted by atomic mass is 28.4. The molecule has 0 radical (unpaired) electrons. The van der Waals surface area contributed by atoms with E-state index in [0.717, 1.165) is 41.6 Å². The molecular weight excluding hydrogens is 587 g/mol. The third-order valence-electron chi connectivity index (χ3n) is 9.14. The highest BCUT2D eigenvalue weighted by Crippen LogP contribution is 2.41. The lowest BCUT2D eigenvalue weighted by molar-refractivity contribution is 0.181. The minimum Gasteiger partial charge on any atom is -0.487 e. The standard InChI is InChI=1S/C39H47N3O3Si/c1-39(2,3)46(4,5)45-36(26-41-25-31-14-10-9-13-30(31)18-15-28-16-19-32(40)20-17-28)33-21-23-35(38-34(33)22-24-37(43)42-38)44-27-29-11-7-6-8-12-29/h6-14,16-17,19-24,36,41H,15,18,25-27,40H2,1-5H3,(H,42,43)/t36-/m0/s1. The molecule has 46 heavy (non-hydrogen) atoms. The Morgan fingerprint density at radius 1 is 0.804 bits per heavy atom. The Bertz CT molecular complexity index is 1790. The first-order valence-corrected chi connectivity index (χ1v) is 19.0. The molecule has 4 N–H and O–H groups in total. The van der Waals surface area contributed by atoms with Crippen molar-refractivity contribution < 1.29 is 9.16 Å². The van der Waals surface area contributed by atoms with Gasteiger partial charge in [0.2, 0.25) is 5.56 Å². The molecule has 0 bridgehead atoms. The zero-order chi connectivity index (χ0) is 32.7. The first kappa shape index (κ1) is 33.2. The molecule has 1 heterocycles. The van der Waals surface area contributed by atoms with E-state index in [2.05, 4.69) is 86.6 Å². The van der Waals surface area contributed by atoms with E-state index in [4.69, 9.17) is 14.9 Å². The monoisotopic (exact) mass is 633 g/mol. The zero-order valence-electron chi connectivity index (χ0n) is 27.7. The van der Waals surface area contributed by atoms with Gasteiger partial charge in [0.15, 0.2) is 8.32 Å². The second-order valence-electron chi connectivity index (χ2n) is 13.5. The summed E-state index contributed by atoms with van der Waals surface area (Å²) < 4.78 is 13.4. The van der Waals surface area contributed by atoms with E-state index in [9.17, 15) is 4.79 Å². The second-order valence-corrected chi connectivity index (χ2v) is 18.3. The van der Waals surface area contributed by atoms with E-state index >= 15 is 0 Å². The summed E-state index contributed by atoms with van der Waals surface area (Å²) in [6.45, 7) is 13.1. The molecule has 1 aromatic heterocycles. The molecule has 4 aromatic carbocycles. The Hall–Kier alpha value is -4.17. The molecule has 1 atom stereocenters. The lowest BCUT2D eigenvalue weighted by atomic mass is 9.99. The van der Waals surface area contributed by atoms with Crippen molar-refractivity contribution in [2.75, 3.05) is 12.3 Å². The lowest BCUT2D eigenvalue weighted by Crippen LogP contribution is -2.43. The van der Waals surface area contributed by atoms with Crippen molar-refractivity contribution in [2.24, 2.45) is 0 Å². The average molecular weight is 634 g/mol. The fourth-order valence-corrected chi connectivity index (χ4v) is 6.68. The van der Waals surface area contributed by atoms with E-state index in [1.807, 2.05) is 54.6 Å². The predicted molar refractivity (Wildman–Crippen MR) is 193 cm³/mol. The summed E-state index contributed by atoms with van der Waals surface area (Å²) in [7, 11) is -2.17. The van der Waals surface area contributed by atoms with Crippen molar-refractivity contribution in [3.05, 3.63) is 141 Å². The predicted octanol–water partition coefficient (Wildman–Crippen LogP) is 8.33. The molecule has 5 aromatic rings. The number of aromatic amines is 1. The van der Waals surface area contributed by atoms with Crippen LogP contribution in [0, 0.1) is 0 Å². The largest absolute Gasteiger partial charge is 0.487 e. The number of nitrogens with two attached hydrogens (primary N) is 1. The molecule has 0 aliphatic carbocycles. The van der Waals surface area contributed by atoms with Crippen LogP contribution in [0.25, 0.3) is 10.9 Å². The number of hydrogen-bond donors (Lipinski definition) is 3. The molecule has 0 aliphatic heterocycles. The van der Waals surface area contributed by atoms with Crippen molar-refractivity contribution >= 4 is 24.9 Å². The summed E-state index contributed by atoms with van der Waals surface area (Å²) >= 11 is 0. The molecule has 6 nitrogen and oxygen atoms in total. The molecule has 7 heteroatoms. The number of nitrogen functional groups attached to an aromatic ring is 1. The van der Waals surface area contributed by atoms with E-state index in [1.54, 1.807) is 6.07 Å². The van der Waals surface area contributed by atoms with Crippen LogP contribution in [-0.2, 0) is 30.4 Å². The van der Waals surface area contributed by atoms with Gasteiger partial charge in [-0.3, -0.25) is 4.79 Å². The van der Waals surface area contributed by atoms with Gasteiger partial charge in [-0.15, -0.1) is 0 Å². The van der Waals surface area contributed by atoms with E-state index < -0.39 is 8.32 Å². The summed E-state index contributed by atoms with van der Waals surface area (Å²) in [4.78, 5) is 15.6. The number of rotatable bonds is 13. The van der Waals surface area contributed by atoms with Crippen molar-refractivity contribution in [3.63, 3.8) is 0 Å². The van der Waals surface area contributed by atoms with Gasteiger partial charge >= 0.3 is 0 Å². The van der Waals surface area contributed by atoms with Crippen LogP contribution in [0.2, 0.25) is 18.1 Å². The third-order valence-corrected chi connectivity index (χ3v) is 13.6. The highest BCUT2D eigenvalue weighted by Gasteiger charge is 2.39. The van der Waals surface area contributed by atoms with Crippen LogP contribution in [0.1, 0.15) is 54.7 Å².